The van der Waals surface area contributed by atoms with Crippen LogP contribution in [0.4, 0.5) is 19.0 Å². The second kappa shape index (κ2) is 5.82. The summed E-state index contributed by atoms with van der Waals surface area (Å²) in [6.45, 7) is 1.67. The van der Waals surface area contributed by atoms with Crippen molar-refractivity contribution in [2.45, 2.75) is 18.7 Å². The van der Waals surface area contributed by atoms with Crippen LogP contribution in [0.25, 0.3) is 0 Å². The molecular formula is C13H12ClF3N2OS. The van der Waals surface area contributed by atoms with Crippen LogP contribution >= 0.6 is 22.9 Å². The molecule has 21 heavy (non-hydrogen) atoms. The van der Waals surface area contributed by atoms with E-state index in [1.807, 2.05) is 5.38 Å². The normalized spacial score (nSPS) is 14.8. The standard InChI is InChI=1S/C13H12ClF3N2OS/c1-12(20,8-2-3-21-6-8)7-19-11-10(14)4-9(5-18-11)13(15,16)17/h2-6,20H,7H2,1H3,(H,18,19). The Morgan fingerprint density at radius 1 is 1.38 bits per heavy atom. The van der Waals surface area contributed by atoms with Gasteiger partial charge in [0.25, 0.3) is 0 Å². The number of nitrogens with one attached hydrogen (secondary N) is 1. The zero-order valence-electron chi connectivity index (χ0n) is 10.9. The maximum Gasteiger partial charge on any atom is 0.417 e. The van der Waals surface area contributed by atoms with Crippen LogP contribution in [-0.4, -0.2) is 16.6 Å². The highest BCUT2D eigenvalue weighted by Crippen LogP contribution is 2.32. The van der Waals surface area contributed by atoms with Crippen LogP contribution in [0.3, 0.4) is 0 Å². The largest absolute Gasteiger partial charge is 0.417 e. The summed E-state index contributed by atoms with van der Waals surface area (Å²) in [6.07, 6.45) is -3.79. The van der Waals surface area contributed by atoms with E-state index in [0.29, 0.717) is 11.8 Å². The molecule has 0 radical (unpaired) electrons. The predicted molar refractivity (Wildman–Crippen MR) is 76.6 cm³/mol. The van der Waals surface area contributed by atoms with Gasteiger partial charge in [0, 0.05) is 12.7 Å². The van der Waals surface area contributed by atoms with Crippen molar-refractivity contribution in [3.63, 3.8) is 0 Å². The number of alkyl halides is 3. The van der Waals surface area contributed by atoms with Crippen LogP contribution in [0.1, 0.15) is 18.1 Å². The molecule has 2 heterocycles. The quantitative estimate of drug-likeness (QED) is 0.882. The van der Waals surface area contributed by atoms with Crippen molar-refractivity contribution in [1.29, 1.82) is 0 Å². The monoisotopic (exact) mass is 336 g/mol. The van der Waals surface area contributed by atoms with Gasteiger partial charge in [-0.2, -0.15) is 24.5 Å². The number of aliphatic hydroxyl groups is 1. The van der Waals surface area contributed by atoms with Crippen molar-refractivity contribution in [3.05, 3.63) is 45.2 Å². The first-order valence-corrected chi connectivity index (χ1v) is 7.24. The number of aromatic nitrogens is 1. The third-order valence-corrected chi connectivity index (χ3v) is 3.88. The highest BCUT2D eigenvalue weighted by Gasteiger charge is 2.32. The lowest BCUT2D eigenvalue weighted by Crippen LogP contribution is -2.30. The summed E-state index contributed by atoms with van der Waals surface area (Å²) < 4.78 is 37.5. The molecule has 2 aromatic rings. The summed E-state index contributed by atoms with van der Waals surface area (Å²) in [7, 11) is 0. The summed E-state index contributed by atoms with van der Waals surface area (Å²) in [5, 5.41) is 16.5. The van der Waals surface area contributed by atoms with Crippen LogP contribution in [-0.2, 0) is 11.8 Å². The topological polar surface area (TPSA) is 45.1 Å². The lowest BCUT2D eigenvalue weighted by atomic mass is 9.99. The summed E-state index contributed by atoms with van der Waals surface area (Å²) >= 11 is 7.23. The molecule has 8 heteroatoms. The lowest BCUT2D eigenvalue weighted by Gasteiger charge is -2.23. The fraction of sp³-hybridized carbons (Fsp3) is 0.308. The number of nitrogens with zero attached hydrogens (tertiary/aromatic N) is 1. The molecular weight excluding hydrogens is 325 g/mol. The molecule has 2 aromatic heterocycles. The van der Waals surface area contributed by atoms with E-state index < -0.39 is 17.3 Å². The molecule has 0 aliphatic carbocycles. The highest BCUT2D eigenvalue weighted by molar-refractivity contribution is 7.08. The van der Waals surface area contributed by atoms with E-state index in [4.69, 9.17) is 11.6 Å². The van der Waals surface area contributed by atoms with Gasteiger partial charge in [-0.05, 0) is 35.4 Å². The van der Waals surface area contributed by atoms with E-state index in [1.165, 1.54) is 11.3 Å². The molecule has 2 rings (SSSR count). The Bertz CT molecular complexity index is 614. The molecule has 114 valence electrons. The summed E-state index contributed by atoms with van der Waals surface area (Å²) in [5.41, 5.74) is -1.38. The first-order valence-electron chi connectivity index (χ1n) is 5.92. The van der Waals surface area contributed by atoms with Crippen LogP contribution in [0, 0.1) is 0 Å². The molecule has 0 saturated heterocycles. The van der Waals surface area contributed by atoms with E-state index in [0.717, 1.165) is 6.07 Å². The molecule has 3 nitrogen and oxygen atoms in total. The third kappa shape index (κ3) is 3.87. The maximum atomic E-state index is 12.5. The fourth-order valence-corrected chi connectivity index (χ4v) is 2.67. The average molecular weight is 337 g/mol. The van der Waals surface area contributed by atoms with Crippen LogP contribution in [0.15, 0.2) is 29.1 Å². The molecule has 0 fully saturated rings. The number of hydrogen-bond acceptors (Lipinski definition) is 4. The van der Waals surface area contributed by atoms with Gasteiger partial charge in [0.05, 0.1) is 10.6 Å². The molecule has 1 unspecified atom stereocenters. The van der Waals surface area contributed by atoms with E-state index in [2.05, 4.69) is 10.3 Å². The van der Waals surface area contributed by atoms with Crippen LogP contribution in [0.5, 0.6) is 0 Å². The van der Waals surface area contributed by atoms with Gasteiger partial charge in [0.2, 0.25) is 0 Å². The molecule has 0 aliphatic rings. The van der Waals surface area contributed by atoms with Crippen LogP contribution < -0.4 is 5.32 Å². The molecule has 2 N–H and O–H groups in total. The van der Waals surface area contributed by atoms with Gasteiger partial charge in [-0.25, -0.2) is 4.98 Å². The molecule has 0 saturated carbocycles. The van der Waals surface area contributed by atoms with Gasteiger partial charge in [0.1, 0.15) is 11.4 Å². The number of thiophene rings is 1. The van der Waals surface area contributed by atoms with Gasteiger partial charge < -0.3 is 10.4 Å². The predicted octanol–water partition coefficient (Wildman–Crippen LogP) is 4.13. The van der Waals surface area contributed by atoms with E-state index in [9.17, 15) is 18.3 Å². The van der Waals surface area contributed by atoms with Gasteiger partial charge >= 0.3 is 6.18 Å². The number of anilines is 1. The molecule has 0 bridgehead atoms. The van der Waals surface area contributed by atoms with Crippen molar-refractivity contribution in [2.75, 3.05) is 11.9 Å². The van der Waals surface area contributed by atoms with E-state index in [1.54, 1.807) is 18.4 Å². The second-order valence-corrected chi connectivity index (χ2v) is 5.88. The van der Waals surface area contributed by atoms with Gasteiger partial charge in [-0.1, -0.05) is 11.6 Å². The smallest absolute Gasteiger partial charge is 0.384 e. The van der Waals surface area contributed by atoms with Gasteiger partial charge in [-0.3, -0.25) is 0 Å². The number of pyridine rings is 1. The minimum absolute atomic E-state index is 0.0712. The zero-order valence-corrected chi connectivity index (χ0v) is 12.5. The maximum absolute atomic E-state index is 12.5. The molecule has 0 aromatic carbocycles. The third-order valence-electron chi connectivity index (χ3n) is 2.91. The number of hydrogen-bond donors (Lipinski definition) is 2. The summed E-state index contributed by atoms with van der Waals surface area (Å²) in [6, 6.07) is 2.57. The Hall–Kier alpha value is -1.31. The van der Waals surface area contributed by atoms with Crippen molar-refractivity contribution in [2.24, 2.45) is 0 Å². The molecule has 0 spiro atoms. The lowest BCUT2D eigenvalue weighted by molar-refractivity contribution is -0.137. The van der Waals surface area contributed by atoms with Crippen LogP contribution in [0.2, 0.25) is 5.02 Å². The van der Waals surface area contributed by atoms with Gasteiger partial charge in [-0.15, -0.1) is 0 Å². The molecule has 0 amide bonds. The Morgan fingerprint density at radius 3 is 2.62 bits per heavy atom. The first kappa shape index (κ1) is 16.1. The van der Waals surface area contributed by atoms with Crippen molar-refractivity contribution < 1.29 is 18.3 Å². The summed E-state index contributed by atoms with van der Waals surface area (Å²) in [4.78, 5) is 3.66. The Kier molecular flexibility index (Phi) is 4.46. The van der Waals surface area contributed by atoms with Crippen molar-refractivity contribution in [1.82, 2.24) is 4.98 Å². The van der Waals surface area contributed by atoms with E-state index in [-0.39, 0.29) is 17.4 Å². The van der Waals surface area contributed by atoms with Gasteiger partial charge in [0.15, 0.2) is 0 Å². The Morgan fingerprint density at radius 2 is 2.10 bits per heavy atom. The fourth-order valence-electron chi connectivity index (χ4n) is 1.65. The second-order valence-electron chi connectivity index (χ2n) is 4.69. The summed E-state index contributed by atoms with van der Waals surface area (Å²) in [5.74, 6) is 0.0974. The Labute approximate surface area is 128 Å². The Balaban J connectivity index is 2.11. The SMILES string of the molecule is CC(O)(CNc1ncc(C(F)(F)F)cc1Cl)c1ccsc1. The number of rotatable bonds is 4. The molecule has 0 aliphatic heterocycles. The van der Waals surface area contributed by atoms with E-state index >= 15 is 0 Å². The minimum Gasteiger partial charge on any atom is -0.384 e. The number of halogens is 4. The van der Waals surface area contributed by atoms with Crippen molar-refractivity contribution >= 4 is 28.8 Å². The first-order chi connectivity index (χ1) is 9.70. The minimum atomic E-state index is -4.49. The molecule has 1 atom stereocenters. The highest BCUT2D eigenvalue weighted by atomic mass is 35.5. The average Bonchev–Trinajstić information content (AvgIpc) is 2.90. The zero-order chi connectivity index (χ0) is 15.7. The van der Waals surface area contributed by atoms with Crippen molar-refractivity contribution in [3.8, 4) is 0 Å².